The van der Waals surface area contributed by atoms with Crippen molar-refractivity contribution < 1.29 is 37.8 Å². The SMILES string of the molecule is C=CCC(C(=O)O)[C@@H]1NC(=O)[C@@H](CO)N(Cc2ccc(CNS(=O)(=O)c3c(C)cc(OC)c(C)c3C)cc2)C1=O. The third kappa shape index (κ3) is 6.35. The third-order valence-corrected chi connectivity index (χ3v) is 8.84. The number of nitrogens with zero attached hydrogens (tertiary/aromatic N) is 1. The molecule has 1 saturated heterocycles. The van der Waals surface area contributed by atoms with Crippen LogP contribution in [-0.4, -0.2) is 67.1 Å². The Balaban J connectivity index is 1.76. The highest BCUT2D eigenvalue weighted by Gasteiger charge is 2.45. The first-order valence-corrected chi connectivity index (χ1v) is 14.1. The van der Waals surface area contributed by atoms with Crippen LogP contribution in [0.25, 0.3) is 0 Å². The van der Waals surface area contributed by atoms with Gasteiger partial charge in [-0.1, -0.05) is 30.3 Å². The Morgan fingerprint density at radius 1 is 1.18 bits per heavy atom. The van der Waals surface area contributed by atoms with Crippen molar-refractivity contribution in [3.63, 3.8) is 0 Å². The zero-order valence-corrected chi connectivity index (χ0v) is 23.7. The van der Waals surface area contributed by atoms with Crippen molar-refractivity contribution in [2.45, 2.75) is 57.3 Å². The van der Waals surface area contributed by atoms with E-state index < -0.39 is 52.4 Å². The van der Waals surface area contributed by atoms with Crippen LogP contribution >= 0.6 is 0 Å². The van der Waals surface area contributed by atoms with E-state index in [9.17, 15) is 33.0 Å². The maximum absolute atomic E-state index is 13.2. The van der Waals surface area contributed by atoms with Gasteiger partial charge in [-0.25, -0.2) is 13.1 Å². The fourth-order valence-electron chi connectivity index (χ4n) is 4.84. The lowest BCUT2D eigenvalue weighted by molar-refractivity contribution is -0.157. The molecule has 216 valence electrons. The lowest BCUT2D eigenvalue weighted by Gasteiger charge is -2.39. The lowest BCUT2D eigenvalue weighted by Crippen LogP contribution is -2.66. The van der Waals surface area contributed by atoms with E-state index in [4.69, 9.17) is 4.74 Å². The Bertz CT molecular complexity index is 1410. The van der Waals surface area contributed by atoms with Gasteiger partial charge in [0.2, 0.25) is 21.8 Å². The molecule has 2 aromatic rings. The summed E-state index contributed by atoms with van der Waals surface area (Å²) >= 11 is 0. The number of sulfonamides is 1. The number of nitrogens with one attached hydrogen (secondary N) is 2. The van der Waals surface area contributed by atoms with Gasteiger partial charge in [-0.15, -0.1) is 6.58 Å². The van der Waals surface area contributed by atoms with E-state index in [1.54, 1.807) is 51.1 Å². The summed E-state index contributed by atoms with van der Waals surface area (Å²) in [5, 5.41) is 21.8. The van der Waals surface area contributed by atoms with E-state index in [0.29, 0.717) is 28.0 Å². The minimum Gasteiger partial charge on any atom is -0.496 e. The number of carboxylic acids is 1. The van der Waals surface area contributed by atoms with Crippen molar-refractivity contribution in [3.05, 3.63) is 70.8 Å². The summed E-state index contributed by atoms with van der Waals surface area (Å²) in [5.41, 5.74) is 3.17. The summed E-state index contributed by atoms with van der Waals surface area (Å²) in [7, 11) is -2.30. The van der Waals surface area contributed by atoms with E-state index in [0.717, 1.165) is 10.5 Å². The summed E-state index contributed by atoms with van der Waals surface area (Å²) in [4.78, 5) is 38.9. The normalized spacial score (nSPS) is 18.3. The maximum Gasteiger partial charge on any atom is 0.309 e. The molecule has 12 heteroatoms. The van der Waals surface area contributed by atoms with Crippen LogP contribution in [0.4, 0.5) is 0 Å². The van der Waals surface area contributed by atoms with Crippen LogP contribution in [0.2, 0.25) is 0 Å². The van der Waals surface area contributed by atoms with Gasteiger partial charge < -0.3 is 25.2 Å². The second-order valence-corrected chi connectivity index (χ2v) is 11.4. The predicted octanol–water partition coefficient (Wildman–Crippen LogP) is 1.56. The van der Waals surface area contributed by atoms with Crippen LogP contribution in [-0.2, 0) is 37.5 Å². The average Bonchev–Trinajstić information content (AvgIpc) is 2.90. The standard InChI is InChI=1S/C28H35N3O8S/c1-6-7-21(28(35)36)24-27(34)31(22(15-32)26(33)30-24)14-20-10-8-19(9-11-20)13-29-40(37,38)25-16(2)12-23(39-5)17(3)18(25)4/h6,8-12,21-22,24,29,32H,1,7,13-15H2,2-5H3,(H,30,33)(H,35,36)/t21?,22-,24+/m1/s1. The first kappa shape index (κ1) is 30.8. The molecule has 1 unspecified atom stereocenters. The average molecular weight is 574 g/mol. The number of ether oxygens (including phenoxy) is 1. The Labute approximate surface area is 233 Å². The number of carbonyl (C=O) groups excluding carboxylic acids is 2. The zero-order valence-electron chi connectivity index (χ0n) is 22.9. The van der Waals surface area contributed by atoms with Gasteiger partial charge >= 0.3 is 5.97 Å². The Morgan fingerprint density at radius 3 is 2.35 bits per heavy atom. The van der Waals surface area contributed by atoms with Crippen molar-refractivity contribution in [1.29, 1.82) is 0 Å². The molecule has 0 spiro atoms. The van der Waals surface area contributed by atoms with Gasteiger partial charge in [0.1, 0.15) is 17.8 Å². The highest BCUT2D eigenvalue weighted by Crippen LogP contribution is 2.30. The van der Waals surface area contributed by atoms with E-state index in [-0.39, 0.29) is 24.4 Å². The van der Waals surface area contributed by atoms with Gasteiger partial charge in [0, 0.05) is 13.1 Å². The number of hydrogen-bond donors (Lipinski definition) is 4. The molecule has 11 nitrogen and oxygen atoms in total. The van der Waals surface area contributed by atoms with Crippen molar-refractivity contribution in [1.82, 2.24) is 14.9 Å². The molecule has 0 aliphatic carbocycles. The van der Waals surface area contributed by atoms with Crippen molar-refractivity contribution in [2.75, 3.05) is 13.7 Å². The first-order valence-electron chi connectivity index (χ1n) is 12.6. The third-order valence-electron chi connectivity index (χ3n) is 7.15. The molecular formula is C28H35N3O8S. The number of aliphatic hydroxyl groups is 1. The van der Waals surface area contributed by atoms with Crippen LogP contribution in [0.15, 0.2) is 47.9 Å². The highest BCUT2D eigenvalue weighted by atomic mass is 32.2. The monoisotopic (exact) mass is 573 g/mol. The number of piperazine rings is 1. The van der Waals surface area contributed by atoms with Gasteiger partial charge in [-0.2, -0.15) is 0 Å². The Hall–Kier alpha value is -3.74. The number of hydrogen-bond acceptors (Lipinski definition) is 7. The number of benzene rings is 2. The number of amides is 2. The maximum atomic E-state index is 13.2. The summed E-state index contributed by atoms with van der Waals surface area (Å²) in [6.07, 6.45) is 1.34. The molecule has 1 aliphatic heterocycles. The minimum atomic E-state index is -3.84. The number of aliphatic hydroxyl groups excluding tert-OH is 1. The Morgan fingerprint density at radius 2 is 1.80 bits per heavy atom. The molecule has 1 heterocycles. The summed E-state index contributed by atoms with van der Waals surface area (Å²) < 4.78 is 34.2. The molecule has 3 rings (SSSR count). The zero-order chi connectivity index (χ0) is 29.8. The molecule has 0 bridgehead atoms. The number of aryl methyl sites for hydroxylation is 1. The smallest absolute Gasteiger partial charge is 0.309 e. The molecule has 4 N–H and O–H groups in total. The second-order valence-electron chi connectivity index (χ2n) is 9.74. The molecule has 0 radical (unpaired) electrons. The summed E-state index contributed by atoms with van der Waals surface area (Å²) in [5.74, 6) is -3.10. The molecule has 0 aromatic heterocycles. The van der Waals surface area contributed by atoms with Crippen LogP contribution in [0, 0.1) is 26.7 Å². The van der Waals surface area contributed by atoms with E-state index in [2.05, 4.69) is 16.6 Å². The fourth-order valence-corrected chi connectivity index (χ4v) is 6.38. The summed E-state index contributed by atoms with van der Waals surface area (Å²) in [6.45, 7) is 8.10. The molecule has 1 aliphatic rings. The first-order chi connectivity index (χ1) is 18.9. The Kier molecular flexibility index (Phi) is 9.72. The lowest BCUT2D eigenvalue weighted by atomic mass is 9.91. The van der Waals surface area contributed by atoms with Gasteiger partial charge in [-0.05, 0) is 61.1 Å². The largest absolute Gasteiger partial charge is 0.496 e. The topological polar surface area (TPSA) is 162 Å². The molecule has 40 heavy (non-hydrogen) atoms. The quantitative estimate of drug-likeness (QED) is 0.278. The molecule has 1 fully saturated rings. The number of allylic oxidation sites excluding steroid dienone is 1. The van der Waals surface area contributed by atoms with Gasteiger partial charge in [0.05, 0.1) is 24.5 Å². The predicted molar refractivity (Wildman–Crippen MR) is 147 cm³/mol. The number of carboxylic acid groups (broad SMARTS) is 1. The second kappa shape index (κ2) is 12.6. The van der Waals surface area contributed by atoms with E-state index in [1.807, 2.05) is 0 Å². The van der Waals surface area contributed by atoms with Crippen LogP contribution in [0.5, 0.6) is 5.75 Å². The van der Waals surface area contributed by atoms with Gasteiger partial charge in [-0.3, -0.25) is 14.4 Å². The van der Waals surface area contributed by atoms with Crippen molar-refractivity contribution in [3.8, 4) is 5.75 Å². The number of carbonyl (C=O) groups is 3. The minimum absolute atomic E-state index is 0.0147. The van der Waals surface area contributed by atoms with Crippen LogP contribution in [0.1, 0.15) is 34.2 Å². The number of aliphatic carboxylic acids is 1. The van der Waals surface area contributed by atoms with Crippen LogP contribution in [0.3, 0.4) is 0 Å². The van der Waals surface area contributed by atoms with Crippen LogP contribution < -0.4 is 14.8 Å². The van der Waals surface area contributed by atoms with Gasteiger partial charge in [0.25, 0.3) is 0 Å². The number of rotatable bonds is 12. The van der Waals surface area contributed by atoms with E-state index >= 15 is 0 Å². The fraction of sp³-hybridized carbons (Fsp3) is 0.393. The molecule has 3 atom stereocenters. The van der Waals surface area contributed by atoms with Crippen molar-refractivity contribution in [2.24, 2.45) is 5.92 Å². The highest BCUT2D eigenvalue weighted by molar-refractivity contribution is 7.89. The molecule has 0 saturated carbocycles. The van der Waals surface area contributed by atoms with Gasteiger partial charge in [0.15, 0.2) is 0 Å². The van der Waals surface area contributed by atoms with Crippen molar-refractivity contribution >= 4 is 27.8 Å². The summed E-state index contributed by atoms with van der Waals surface area (Å²) in [6, 6.07) is 5.95. The molecular weight excluding hydrogens is 538 g/mol. The molecule has 2 aromatic carbocycles. The number of methoxy groups -OCH3 is 1. The molecule has 2 amide bonds. The van der Waals surface area contributed by atoms with E-state index in [1.165, 1.54) is 13.2 Å².